The van der Waals surface area contributed by atoms with E-state index in [-0.39, 0.29) is 6.10 Å². The van der Waals surface area contributed by atoms with E-state index in [1.165, 1.54) is 0 Å². The minimum Gasteiger partial charge on any atom is -0.486 e. The zero-order chi connectivity index (χ0) is 12.4. The maximum Gasteiger partial charge on any atom is 0.144 e. The largest absolute Gasteiger partial charge is 0.486 e. The lowest BCUT2D eigenvalue weighted by Crippen LogP contribution is -2.46. The number of rotatable bonds is 3. The first-order valence-electron chi connectivity index (χ1n) is 5.97. The van der Waals surface area contributed by atoms with Crippen molar-refractivity contribution in [2.45, 2.75) is 25.5 Å². The highest BCUT2D eigenvalue weighted by molar-refractivity contribution is 6.30. The third-order valence-corrected chi connectivity index (χ3v) is 3.64. The summed E-state index contributed by atoms with van der Waals surface area (Å²) >= 11 is 6.00. The molecule has 0 saturated heterocycles. The molecule has 0 saturated carbocycles. The molecule has 0 aliphatic carbocycles. The van der Waals surface area contributed by atoms with Gasteiger partial charge in [-0.3, -0.25) is 0 Å². The summed E-state index contributed by atoms with van der Waals surface area (Å²) in [4.78, 5) is 2.26. The maximum absolute atomic E-state index is 6.03. The number of anilines is 1. The highest BCUT2D eigenvalue weighted by Crippen LogP contribution is 2.37. The number of benzene rings is 1. The lowest BCUT2D eigenvalue weighted by atomic mass is 10.0. The molecule has 1 N–H and O–H groups in total. The first kappa shape index (κ1) is 12.5. The number of hydrogen-bond donors (Lipinski definition) is 1. The molecule has 1 heterocycles. The van der Waals surface area contributed by atoms with Crippen molar-refractivity contribution in [1.82, 2.24) is 5.32 Å². The molecule has 1 aliphatic heterocycles. The molecule has 0 amide bonds. The molecule has 1 aromatic carbocycles. The Morgan fingerprint density at radius 3 is 2.94 bits per heavy atom. The van der Waals surface area contributed by atoms with Gasteiger partial charge in [0.2, 0.25) is 0 Å². The molecular formula is C13H19ClN2O. The molecule has 0 aromatic heterocycles. The predicted octanol–water partition coefficient (Wildman–Crippen LogP) is 2.54. The number of ether oxygens (including phenoxy) is 1. The van der Waals surface area contributed by atoms with Crippen LogP contribution in [0.25, 0.3) is 0 Å². The van der Waals surface area contributed by atoms with Crippen molar-refractivity contribution in [1.29, 1.82) is 0 Å². The lowest BCUT2D eigenvalue weighted by molar-refractivity contribution is 0.152. The molecule has 0 spiro atoms. The third-order valence-electron chi connectivity index (χ3n) is 3.41. The fraction of sp³-hybridized carbons (Fsp3) is 0.538. The summed E-state index contributed by atoms with van der Waals surface area (Å²) in [6.07, 6.45) is 1.20. The van der Waals surface area contributed by atoms with E-state index in [9.17, 15) is 0 Å². The van der Waals surface area contributed by atoms with E-state index in [1.807, 2.05) is 25.2 Å². The molecule has 3 nitrogen and oxygen atoms in total. The molecule has 0 radical (unpaired) electrons. The molecule has 0 bridgehead atoms. The van der Waals surface area contributed by atoms with Gasteiger partial charge in [-0.2, -0.15) is 0 Å². The smallest absolute Gasteiger partial charge is 0.144 e. The van der Waals surface area contributed by atoms with Crippen molar-refractivity contribution >= 4 is 17.3 Å². The second-order valence-corrected chi connectivity index (χ2v) is 4.95. The average molecular weight is 255 g/mol. The highest BCUT2D eigenvalue weighted by atomic mass is 35.5. The fourth-order valence-electron chi connectivity index (χ4n) is 2.19. The number of hydrogen-bond acceptors (Lipinski definition) is 3. The number of halogens is 1. The van der Waals surface area contributed by atoms with Crippen LogP contribution in [0.2, 0.25) is 5.02 Å². The topological polar surface area (TPSA) is 24.5 Å². The zero-order valence-corrected chi connectivity index (χ0v) is 11.3. The summed E-state index contributed by atoms with van der Waals surface area (Å²) in [5, 5.41) is 3.88. The van der Waals surface area contributed by atoms with Crippen LogP contribution in [0.15, 0.2) is 18.2 Å². The van der Waals surface area contributed by atoms with E-state index in [0.717, 1.165) is 29.4 Å². The molecule has 2 rings (SSSR count). The Balaban J connectivity index is 2.23. The van der Waals surface area contributed by atoms with E-state index in [0.29, 0.717) is 6.04 Å². The summed E-state index contributed by atoms with van der Waals surface area (Å²) < 4.78 is 6.03. The van der Waals surface area contributed by atoms with Gasteiger partial charge in [-0.15, -0.1) is 0 Å². The van der Waals surface area contributed by atoms with Crippen LogP contribution in [0.5, 0.6) is 5.75 Å². The van der Waals surface area contributed by atoms with Gasteiger partial charge >= 0.3 is 0 Å². The van der Waals surface area contributed by atoms with Crippen LogP contribution in [-0.4, -0.2) is 32.8 Å². The van der Waals surface area contributed by atoms with Gasteiger partial charge in [0, 0.05) is 18.1 Å². The first-order valence-corrected chi connectivity index (χ1v) is 6.35. The summed E-state index contributed by atoms with van der Waals surface area (Å²) in [5.41, 5.74) is 1.11. The quantitative estimate of drug-likeness (QED) is 0.897. The molecular weight excluding hydrogens is 236 g/mol. The van der Waals surface area contributed by atoms with Crippen LogP contribution in [0.1, 0.15) is 13.3 Å². The third kappa shape index (κ3) is 2.50. The molecule has 2 unspecified atom stereocenters. The van der Waals surface area contributed by atoms with Crippen molar-refractivity contribution in [3.05, 3.63) is 23.2 Å². The van der Waals surface area contributed by atoms with Crippen molar-refractivity contribution in [3.63, 3.8) is 0 Å². The van der Waals surface area contributed by atoms with Crippen LogP contribution < -0.4 is 15.0 Å². The van der Waals surface area contributed by atoms with Crippen LogP contribution in [0, 0.1) is 0 Å². The van der Waals surface area contributed by atoms with Gasteiger partial charge < -0.3 is 15.0 Å². The monoisotopic (exact) mass is 254 g/mol. The summed E-state index contributed by atoms with van der Waals surface area (Å²) in [6.45, 7) is 3.15. The first-order chi connectivity index (χ1) is 8.13. The van der Waals surface area contributed by atoms with Gasteiger partial charge in [0.05, 0.1) is 11.7 Å². The SMILES string of the molecule is CNCCC1Oc2cc(Cl)ccc2N(C)C1C. The summed E-state index contributed by atoms with van der Waals surface area (Å²) in [7, 11) is 4.06. The minimum absolute atomic E-state index is 0.207. The van der Waals surface area contributed by atoms with Crippen LogP contribution >= 0.6 is 11.6 Å². The van der Waals surface area contributed by atoms with Crippen LogP contribution in [0.4, 0.5) is 5.69 Å². The van der Waals surface area contributed by atoms with Gasteiger partial charge in [0.15, 0.2) is 0 Å². The van der Waals surface area contributed by atoms with Gasteiger partial charge in [0.1, 0.15) is 11.9 Å². The number of nitrogens with one attached hydrogen (secondary N) is 1. The Bertz CT molecular complexity index is 397. The number of fused-ring (bicyclic) bond motifs is 1. The maximum atomic E-state index is 6.03. The number of likely N-dealkylation sites (N-methyl/N-ethyl adjacent to an activating group) is 1. The van der Waals surface area contributed by atoms with Gasteiger partial charge in [0.25, 0.3) is 0 Å². The van der Waals surface area contributed by atoms with Gasteiger partial charge in [-0.25, -0.2) is 0 Å². The van der Waals surface area contributed by atoms with Crippen molar-refractivity contribution in [2.24, 2.45) is 0 Å². The predicted molar refractivity (Wildman–Crippen MR) is 72.3 cm³/mol. The van der Waals surface area contributed by atoms with Gasteiger partial charge in [-0.1, -0.05) is 11.6 Å². The Hall–Kier alpha value is -0.930. The molecule has 0 fully saturated rings. The zero-order valence-electron chi connectivity index (χ0n) is 10.5. The molecule has 94 valence electrons. The second kappa shape index (κ2) is 5.15. The molecule has 1 aliphatic rings. The van der Waals surface area contributed by atoms with Crippen molar-refractivity contribution < 1.29 is 4.74 Å². The Labute approximate surface area is 108 Å². The molecule has 17 heavy (non-hydrogen) atoms. The van der Waals surface area contributed by atoms with E-state index in [4.69, 9.17) is 16.3 Å². The molecule has 1 aromatic rings. The van der Waals surface area contributed by atoms with Crippen LogP contribution in [-0.2, 0) is 0 Å². The van der Waals surface area contributed by atoms with E-state index < -0.39 is 0 Å². The lowest BCUT2D eigenvalue weighted by Gasteiger charge is -2.40. The number of nitrogens with zero attached hydrogens (tertiary/aromatic N) is 1. The van der Waals surface area contributed by atoms with Crippen molar-refractivity contribution in [3.8, 4) is 5.75 Å². The normalized spacial score (nSPS) is 23.2. The van der Waals surface area contributed by atoms with E-state index in [2.05, 4.69) is 24.2 Å². The van der Waals surface area contributed by atoms with E-state index in [1.54, 1.807) is 0 Å². The minimum atomic E-state index is 0.207. The summed E-state index contributed by atoms with van der Waals surface area (Å²) in [6, 6.07) is 6.19. The van der Waals surface area contributed by atoms with Gasteiger partial charge in [-0.05, 0) is 39.1 Å². The summed E-state index contributed by atoms with van der Waals surface area (Å²) in [5.74, 6) is 0.888. The standard InChI is InChI=1S/C13H19ClN2O/c1-9-12(6-7-15-2)17-13-8-10(14)4-5-11(13)16(9)3/h4-5,8-9,12,15H,6-7H2,1-3H3. The molecule has 2 atom stereocenters. The van der Waals surface area contributed by atoms with E-state index >= 15 is 0 Å². The average Bonchev–Trinajstić information content (AvgIpc) is 2.31. The Morgan fingerprint density at radius 1 is 1.47 bits per heavy atom. The molecule has 4 heteroatoms. The second-order valence-electron chi connectivity index (χ2n) is 4.51. The fourth-order valence-corrected chi connectivity index (χ4v) is 2.35. The van der Waals surface area contributed by atoms with Crippen LogP contribution in [0.3, 0.4) is 0 Å². The van der Waals surface area contributed by atoms with Crippen molar-refractivity contribution in [2.75, 3.05) is 25.5 Å². The highest BCUT2D eigenvalue weighted by Gasteiger charge is 2.30. The Morgan fingerprint density at radius 2 is 2.24 bits per heavy atom. The Kier molecular flexibility index (Phi) is 3.79.